The summed E-state index contributed by atoms with van der Waals surface area (Å²) in [5.74, 6) is -0.244. The lowest BCUT2D eigenvalue weighted by Crippen LogP contribution is -2.17. The second-order valence-corrected chi connectivity index (χ2v) is 2.80. The Labute approximate surface area is 72.0 Å². The van der Waals surface area contributed by atoms with E-state index in [2.05, 4.69) is 4.74 Å². The van der Waals surface area contributed by atoms with E-state index in [4.69, 9.17) is 0 Å². The van der Waals surface area contributed by atoms with Gasteiger partial charge in [0.15, 0.2) is 0 Å². The van der Waals surface area contributed by atoms with Crippen LogP contribution < -0.4 is 0 Å². The number of nitrogens with zero attached hydrogens (tertiary/aromatic N) is 1. The Kier molecular flexibility index (Phi) is 2.91. The van der Waals surface area contributed by atoms with Crippen LogP contribution in [-0.2, 0) is 16.1 Å². The Morgan fingerprint density at radius 2 is 2.08 bits per heavy atom. The molecule has 0 fully saturated rings. The van der Waals surface area contributed by atoms with Crippen molar-refractivity contribution in [3.05, 3.63) is 24.5 Å². The van der Waals surface area contributed by atoms with Crippen molar-refractivity contribution in [1.29, 1.82) is 0 Å². The molecule has 0 bridgehead atoms. The van der Waals surface area contributed by atoms with Crippen LogP contribution in [0.5, 0.6) is 0 Å². The van der Waals surface area contributed by atoms with Crippen molar-refractivity contribution in [3.8, 4) is 0 Å². The van der Waals surface area contributed by atoms with Gasteiger partial charge in [0, 0.05) is 18.9 Å². The normalized spacial score (nSPS) is 12.5. The van der Waals surface area contributed by atoms with Gasteiger partial charge in [-0.05, 0) is 12.1 Å². The number of hydrogen-bond donors (Lipinski definition) is 0. The standard InChI is InChI=1S/C9H13NO2/c1-8(9(11)12-2)7-10-5-3-4-6-10/h3-6,8H,7H2,1-2H3. The van der Waals surface area contributed by atoms with E-state index in [1.54, 1.807) is 0 Å². The Morgan fingerprint density at radius 3 is 2.58 bits per heavy atom. The molecule has 66 valence electrons. The number of rotatable bonds is 3. The molecule has 0 N–H and O–H groups in total. The van der Waals surface area contributed by atoms with E-state index in [0.717, 1.165) is 0 Å². The molecular weight excluding hydrogens is 154 g/mol. The SMILES string of the molecule is COC(=O)C(C)Cn1cccc1. The lowest BCUT2D eigenvalue weighted by Gasteiger charge is -2.09. The van der Waals surface area contributed by atoms with E-state index < -0.39 is 0 Å². The maximum absolute atomic E-state index is 11.0. The van der Waals surface area contributed by atoms with Gasteiger partial charge in [0.05, 0.1) is 13.0 Å². The third kappa shape index (κ3) is 2.12. The first-order valence-electron chi connectivity index (χ1n) is 3.92. The maximum Gasteiger partial charge on any atom is 0.310 e. The second kappa shape index (κ2) is 3.95. The van der Waals surface area contributed by atoms with E-state index in [0.29, 0.717) is 6.54 Å². The predicted octanol–water partition coefficient (Wildman–Crippen LogP) is 1.30. The summed E-state index contributed by atoms with van der Waals surface area (Å²) in [5.41, 5.74) is 0. The van der Waals surface area contributed by atoms with Crippen LogP contribution in [0.3, 0.4) is 0 Å². The van der Waals surface area contributed by atoms with Gasteiger partial charge >= 0.3 is 5.97 Å². The number of ether oxygens (including phenoxy) is 1. The smallest absolute Gasteiger partial charge is 0.310 e. The molecule has 0 aromatic carbocycles. The van der Waals surface area contributed by atoms with E-state index >= 15 is 0 Å². The molecular formula is C9H13NO2. The van der Waals surface area contributed by atoms with E-state index in [1.165, 1.54) is 7.11 Å². The second-order valence-electron chi connectivity index (χ2n) is 2.80. The van der Waals surface area contributed by atoms with Crippen molar-refractivity contribution >= 4 is 5.97 Å². The highest BCUT2D eigenvalue weighted by atomic mass is 16.5. The monoisotopic (exact) mass is 167 g/mol. The fourth-order valence-corrected chi connectivity index (χ4v) is 1.08. The van der Waals surface area contributed by atoms with Gasteiger partial charge < -0.3 is 9.30 Å². The first-order chi connectivity index (χ1) is 5.74. The summed E-state index contributed by atoms with van der Waals surface area (Å²) in [4.78, 5) is 11.0. The van der Waals surface area contributed by atoms with Crippen LogP contribution in [0.4, 0.5) is 0 Å². The Morgan fingerprint density at radius 1 is 1.50 bits per heavy atom. The van der Waals surface area contributed by atoms with Crippen LogP contribution in [0.2, 0.25) is 0 Å². The van der Waals surface area contributed by atoms with Gasteiger partial charge in [-0.3, -0.25) is 4.79 Å². The topological polar surface area (TPSA) is 31.2 Å². The van der Waals surface area contributed by atoms with Crippen LogP contribution in [0.1, 0.15) is 6.92 Å². The van der Waals surface area contributed by atoms with Crippen molar-refractivity contribution < 1.29 is 9.53 Å². The zero-order valence-corrected chi connectivity index (χ0v) is 7.36. The summed E-state index contributed by atoms with van der Waals surface area (Å²) in [6.45, 7) is 2.53. The molecule has 3 heteroatoms. The summed E-state index contributed by atoms with van der Waals surface area (Å²) < 4.78 is 6.57. The molecule has 12 heavy (non-hydrogen) atoms. The van der Waals surface area contributed by atoms with Crippen LogP contribution in [0.15, 0.2) is 24.5 Å². The van der Waals surface area contributed by atoms with Gasteiger partial charge in [0.1, 0.15) is 0 Å². The molecule has 1 heterocycles. The van der Waals surface area contributed by atoms with Crippen LogP contribution in [0.25, 0.3) is 0 Å². The predicted molar refractivity (Wildman–Crippen MR) is 45.6 cm³/mol. The Bertz CT molecular complexity index is 241. The van der Waals surface area contributed by atoms with Gasteiger partial charge in [-0.25, -0.2) is 0 Å². The largest absolute Gasteiger partial charge is 0.469 e. The molecule has 0 spiro atoms. The van der Waals surface area contributed by atoms with Crippen molar-refractivity contribution in [2.45, 2.75) is 13.5 Å². The number of carbonyl (C=O) groups excluding carboxylic acids is 1. The molecule has 1 aromatic rings. The molecule has 0 aliphatic heterocycles. The highest BCUT2D eigenvalue weighted by Crippen LogP contribution is 2.02. The van der Waals surface area contributed by atoms with Gasteiger partial charge in [-0.15, -0.1) is 0 Å². The zero-order chi connectivity index (χ0) is 8.97. The van der Waals surface area contributed by atoms with Gasteiger partial charge in [0.25, 0.3) is 0 Å². The van der Waals surface area contributed by atoms with E-state index in [1.807, 2.05) is 36.0 Å². The fourth-order valence-electron chi connectivity index (χ4n) is 1.08. The van der Waals surface area contributed by atoms with E-state index in [9.17, 15) is 4.79 Å². The van der Waals surface area contributed by atoms with Crippen LogP contribution in [-0.4, -0.2) is 17.6 Å². The van der Waals surface area contributed by atoms with Gasteiger partial charge in [0.2, 0.25) is 0 Å². The highest BCUT2D eigenvalue weighted by molar-refractivity contribution is 5.71. The summed E-state index contributed by atoms with van der Waals surface area (Å²) in [6, 6.07) is 3.87. The average molecular weight is 167 g/mol. The summed E-state index contributed by atoms with van der Waals surface area (Å²) >= 11 is 0. The minimum absolute atomic E-state index is 0.0811. The highest BCUT2D eigenvalue weighted by Gasteiger charge is 2.12. The number of carbonyl (C=O) groups is 1. The summed E-state index contributed by atoms with van der Waals surface area (Å²) in [5, 5.41) is 0. The molecule has 1 rings (SSSR count). The maximum atomic E-state index is 11.0. The quantitative estimate of drug-likeness (QED) is 0.635. The zero-order valence-electron chi connectivity index (χ0n) is 7.36. The molecule has 0 aliphatic carbocycles. The molecule has 0 amide bonds. The molecule has 3 nitrogen and oxygen atoms in total. The first kappa shape index (κ1) is 8.84. The third-order valence-corrected chi connectivity index (χ3v) is 1.75. The Balaban J connectivity index is 2.47. The van der Waals surface area contributed by atoms with E-state index in [-0.39, 0.29) is 11.9 Å². The van der Waals surface area contributed by atoms with Crippen molar-refractivity contribution in [3.63, 3.8) is 0 Å². The number of esters is 1. The average Bonchev–Trinajstić information content (AvgIpc) is 2.55. The first-order valence-corrected chi connectivity index (χ1v) is 3.92. The summed E-state index contributed by atoms with van der Waals surface area (Å²) in [7, 11) is 1.41. The molecule has 1 atom stereocenters. The molecule has 1 aromatic heterocycles. The number of aromatic nitrogens is 1. The van der Waals surface area contributed by atoms with Gasteiger partial charge in [-0.2, -0.15) is 0 Å². The minimum atomic E-state index is -0.163. The van der Waals surface area contributed by atoms with Crippen molar-refractivity contribution in [2.75, 3.05) is 7.11 Å². The molecule has 1 unspecified atom stereocenters. The van der Waals surface area contributed by atoms with Crippen molar-refractivity contribution in [1.82, 2.24) is 4.57 Å². The van der Waals surface area contributed by atoms with Crippen molar-refractivity contribution in [2.24, 2.45) is 5.92 Å². The molecule has 0 saturated heterocycles. The fraction of sp³-hybridized carbons (Fsp3) is 0.444. The minimum Gasteiger partial charge on any atom is -0.469 e. The third-order valence-electron chi connectivity index (χ3n) is 1.75. The Hall–Kier alpha value is -1.25. The van der Waals surface area contributed by atoms with Crippen LogP contribution >= 0.6 is 0 Å². The summed E-state index contributed by atoms with van der Waals surface area (Å²) in [6.07, 6.45) is 3.86. The number of methoxy groups -OCH3 is 1. The molecule has 0 saturated carbocycles. The number of hydrogen-bond acceptors (Lipinski definition) is 2. The van der Waals surface area contributed by atoms with Gasteiger partial charge in [-0.1, -0.05) is 6.92 Å². The van der Waals surface area contributed by atoms with Crippen LogP contribution in [0, 0.1) is 5.92 Å². The lowest BCUT2D eigenvalue weighted by molar-refractivity contribution is -0.145. The molecule has 0 aliphatic rings. The lowest BCUT2D eigenvalue weighted by atomic mass is 10.2. The molecule has 0 radical (unpaired) electrons.